The van der Waals surface area contributed by atoms with Gasteiger partial charge in [-0.1, -0.05) is 42.2 Å². The van der Waals surface area contributed by atoms with Crippen LogP contribution in [0.2, 0.25) is 0 Å². The fourth-order valence-electron chi connectivity index (χ4n) is 3.17. The molecule has 1 saturated carbocycles. The lowest BCUT2D eigenvalue weighted by atomic mass is 9.97. The van der Waals surface area contributed by atoms with E-state index >= 15 is 0 Å². The maximum absolute atomic E-state index is 12.1. The van der Waals surface area contributed by atoms with Gasteiger partial charge in [0.15, 0.2) is 0 Å². The molecule has 1 aliphatic rings. The van der Waals surface area contributed by atoms with Crippen LogP contribution < -0.4 is 5.32 Å². The van der Waals surface area contributed by atoms with Gasteiger partial charge in [0.1, 0.15) is 5.54 Å². The van der Waals surface area contributed by atoms with E-state index in [1.54, 1.807) is 0 Å². The number of aliphatic carboxylic acids is 1. The van der Waals surface area contributed by atoms with Crippen LogP contribution in [0.15, 0.2) is 18.2 Å². The molecule has 1 amide bonds. The summed E-state index contributed by atoms with van der Waals surface area (Å²) in [7, 11) is 0. The summed E-state index contributed by atoms with van der Waals surface area (Å²) in [5.74, 6) is -1.07. The van der Waals surface area contributed by atoms with Gasteiger partial charge < -0.3 is 10.4 Å². The van der Waals surface area contributed by atoms with Gasteiger partial charge in [-0.05, 0) is 38.7 Å². The van der Waals surface area contributed by atoms with Gasteiger partial charge in [0.25, 0.3) is 0 Å². The molecule has 0 bridgehead atoms. The summed E-state index contributed by atoms with van der Waals surface area (Å²) in [6.45, 7) is 4.07. The van der Waals surface area contributed by atoms with Crippen LogP contribution >= 0.6 is 0 Å². The van der Waals surface area contributed by atoms with E-state index < -0.39 is 11.5 Å². The lowest BCUT2D eigenvalue weighted by Crippen LogP contribution is -2.52. The average Bonchev–Trinajstić information content (AvgIpc) is 2.85. The number of aryl methyl sites for hydroxylation is 3. The van der Waals surface area contributed by atoms with Crippen LogP contribution in [0.4, 0.5) is 0 Å². The van der Waals surface area contributed by atoms with Gasteiger partial charge in [0.05, 0.1) is 0 Å². The first-order valence-corrected chi connectivity index (χ1v) is 7.53. The maximum atomic E-state index is 12.1. The Morgan fingerprint density at radius 3 is 2.24 bits per heavy atom. The second-order valence-electron chi connectivity index (χ2n) is 6.14. The minimum atomic E-state index is -1.03. The molecule has 0 heterocycles. The monoisotopic (exact) mass is 289 g/mol. The molecule has 21 heavy (non-hydrogen) atoms. The van der Waals surface area contributed by atoms with Crippen molar-refractivity contribution < 1.29 is 14.7 Å². The van der Waals surface area contributed by atoms with Crippen LogP contribution in [0.5, 0.6) is 0 Å². The first-order valence-electron chi connectivity index (χ1n) is 7.53. The highest BCUT2D eigenvalue weighted by Gasteiger charge is 2.42. The van der Waals surface area contributed by atoms with Crippen molar-refractivity contribution in [2.45, 2.75) is 57.9 Å². The Morgan fingerprint density at radius 1 is 1.14 bits per heavy atom. The summed E-state index contributed by atoms with van der Waals surface area (Å²) in [4.78, 5) is 23.5. The molecule has 1 fully saturated rings. The Balaban J connectivity index is 1.94. The van der Waals surface area contributed by atoms with E-state index in [1.807, 2.05) is 13.8 Å². The SMILES string of the molecule is Cc1cc(C)cc(CCC(=O)NC2(C(=O)O)CCCC2)c1. The summed E-state index contributed by atoms with van der Waals surface area (Å²) in [5, 5.41) is 12.1. The minimum absolute atomic E-state index is 0.168. The zero-order chi connectivity index (χ0) is 15.5. The molecule has 1 aromatic rings. The third-order valence-corrected chi connectivity index (χ3v) is 4.17. The van der Waals surface area contributed by atoms with E-state index in [9.17, 15) is 14.7 Å². The number of hydrogen-bond acceptors (Lipinski definition) is 2. The van der Waals surface area contributed by atoms with Crippen LogP contribution in [-0.4, -0.2) is 22.5 Å². The summed E-state index contributed by atoms with van der Waals surface area (Å²) in [6, 6.07) is 6.24. The molecule has 2 N–H and O–H groups in total. The average molecular weight is 289 g/mol. The predicted octanol–water partition coefficient (Wildman–Crippen LogP) is 2.75. The lowest BCUT2D eigenvalue weighted by Gasteiger charge is -2.25. The minimum Gasteiger partial charge on any atom is -0.480 e. The molecular formula is C17H23NO3. The van der Waals surface area contributed by atoms with Crippen molar-refractivity contribution in [2.24, 2.45) is 0 Å². The lowest BCUT2D eigenvalue weighted by molar-refractivity contribution is -0.147. The summed E-state index contributed by atoms with van der Waals surface area (Å²) in [6.07, 6.45) is 3.78. The second-order valence-corrected chi connectivity index (χ2v) is 6.14. The van der Waals surface area contributed by atoms with Crippen molar-refractivity contribution in [1.82, 2.24) is 5.32 Å². The van der Waals surface area contributed by atoms with Crippen LogP contribution in [0.1, 0.15) is 48.8 Å². The molecular weight excluding hydrogens is 266 g/mol. The Labute approximate surface area is 125 Å². The van der Waals surface area contributed by atoms with Crippen LogP contribution in [0.3, 0.4) is 0 Å². The molecule has 0 atom stereocenters. The molecule has 0 aromatic heterocycles. The van der Waals surface area contributed by atoms with E-state index in [4.69, 9.17) is 0 Å². The zero-order valence-electron chi connectivity index (χ0n) is 12.7. The number of carbonyl (C=O) groups is 2. The predicted molar refractivity (Wildman–Crippen MR) is 81.2 cm³/mol. The fourth-order valence-corrected chi connectivity index (χ4v) is 3.17. The molecule has 0 saturated heterocycles. The topological polar surface area (TPSA) is 66.4 Å². The Hall–Kier alpha value is -1.84. The van der Waals surface area contributed by atoms with Crippen molar-refractivity contribution in [1.29, 1.82) is 0 Å². The van der Waals surface area contributed by atoms with E-state index in [1.165, 1.54) is 11.1 Å². The standard InChI is InChI=1S/C17H23NO3/c1-12-9-13(2)11-14(10-12)5-6-15(19)18-17(16(20)21)7-3-4-8-17/h9-11H,3-8H2,1-2H3,(H,18,19)(H,20,21). The number of benzene rings is 1. The highest BCUT2D eigenvalue weighted by Crippen LogP contribution is 2.30. The van der Waals surface area contributed by atoms with Crippen LogP contribution in [0, 0.1) is 13.8 Å². The molecule has 114 valence electrons. The normalized spacial score (nSPS) is 16.7. The number of rotatable bonds is 5. The van der Waals surface area contributed by atoms with E-state index in [0.29, 0.717) is 25.7 Å². The Morgan fingerprint density at radius 2 is 1.71 bits per heavy atom. The molecule has 0 spiro atoms. The number of carboxylic acid groups (broad SMARTS) is 1. The highest BCUT2D eigenvalue weighted by molar-refractivity contribution is 5.87. The molecule has 4 nitrogen and oxygen atoms in total. The Bertz CT molecular complexity index is 525. The number of hydrogen-bond donors (Lipinski definition) is 2. The van der Waals surface area contributed by atoms with Gasteiger partial charge in [-0.15, -0.1) is 0 Å². The third-order valence-electron chi connectivity index (χ3n) is 4.17. The number of carbonyl (C=O) groups excluding carboxylic acids is 1. The summed E-state index contributed by atoms with van der Waals surface area (Å²) in [5.41, 5.74) is 2.46. The van der Waals surface area contributed by atoms with Crippen molar-refractivity contribution >= 4 is 11.9 Å². The second kappa shape index (κ2) is 6.29. The van der Waals surface area contributed by atoms with Gasteiger partial charge in [-0.2, -0.15) is 0 Å². The van der Waals surface area contributed by atoms with Gasteiger partial charge in [-0.3, -0.25) is 4.79 Å². The highest BCUT2D eigenvalue weighted by atomic mass is 16.4. The van der Waals surface area contributed by atoms with Gasteiger partial charge in [0.2, 0.25) is 5.91 Å². The zero-order valence-corrected chi connectivity index (χ0v) is 12.7. The molecule has 2 rings (SSSR count). The molecule has 4 heteroatoms. The summed E-state index contributed by atoms with van der Waals surface area (Å²) < 4.78 is 0. The smallest absolute Gasteiger partial charge is 0.329 e. The molecule has 0 radical (unpaired) electrons. The van der Waals surface area contributed by atoms with Gasteiger partial charge >= 0.3 is 5.97 Å². The number of nitrogens with one attached hydrogen (secondary N) is 1. The van der Waals surface area contributed by atoms with Gasteiger partial charge in [-0.25, -0.2) is 4.79 Å². The van der Waals surface area contributed by atoms with Gasteiger partial charge in [0, 0.05) is 6.42 Å². The third kappa shape index (κ3) is 3.84. The largest absolute Gasteiger partial charge is 0.480 e. The first-order chi connectivity index (χ1) is 9.91. The van der Waals surface area contributed by atoms with Crippen molar-refractivity contribution in [3.05, 3.63) is 34.9 Å². The van der Waals surface area contributed by atoms with E-state index in [-0.39, 0.29) is 5.91 Å². The van der Waals surface area contributed by atoms with Crippen LogP contribution in [-0.2, 0) is 16.0 Å². The molecule has 0 unspecified atom stereocenters. The first kappa shape index (κ1) is 15.5. The summed E-state index contributed by atoms with van der Waals surface area (Å²) >= 11 is 0. The molecule has 1 aliphatic carbocycles. The number of amides is 1. The van der Waals surface area contributed by atoms with Crippen LogP contribution in [0.25, 0.3) is 0 Å². The molecule has 0 aliphatic heterocycles. The quantitative estimate of drug-likeness (QED) is 0.876. The van der Waals surface area contributed by atoms with Crippen molar-refractivity contribution in [3.8, 4) is 0 Å². The van der Waals surface area contributed by atoms with Crippen molar-refractivity contribution in [2.75, 3.05) is 0 Å². The fraction of sp³-hybridized carbons (Fsp3) is 0.529. The molecule has 1 aromatic carbocycles. The maximum Gasteiger partial charge on any atom is 0.329 e. The van der Waals surface area contributed by atoms with E-state index in [0.717, 1.165) is 18.4 Å². The van der Waals surface area contributed by atoms with E-state index in [2.05, 4.69) is 23.5 Å². The Kier molecular flexibility index (Phi) is 4.66. The number of carboxylic acids is 1. The van der Waals surface area contributed by atoms with Crippen molar-refractivity contribution in [3.63, 3.8) is 0 Å².